The van der Waals surface area contributed by atoms with Crippen LogP contribution in [0.25, 0.3) is 0 Å². The molecule has 1 saturated heterocycles. The van der Waals surface area contributed by atoms with E-state index in [0.29, 0.717) is 13.2 Å². The summed E-state index contributed by atoms with van der Waals surface area (Å²) >= 11 is 0. The summed E-state index contributed by atoms with van der Waals surface area (Å²) in [6, 6.07) is 8.37. The molecule has 0 bridgehead atoms. The number of halogens is 1. The fourth-order valence-corrected chi connectivity index (χ4v) is 5.42. The Balaban J connectivity index is 0.00000480. The van der Waals surface area contributed by atoms with E-state index in [1.54, 1.807) is 0 Å². The minimum absolute atomic E-state index is 0. The SMILES string of the molecule is C=CC[N+]1(CC(O)COc2ccc(C(C)(C)CC(C)(C)C)cc2)CC(C)OC(C)C1.[I-]. The van der Waals surface area contributed by atoms with Crippen molar-refractivity contribution in [3.8, 4) is 5.75 Å². The topological polar surface area (TPSA) is 38.7 Å². The highest BCUT2D eigenvalue weighted by Gasteiger charge is 2.38. The molecule has 4 nitrogen and oxygen atoms in total. The largest absolute Gasteiger partial charge is 1.00 e. The third-order valence-corrected chi connectivity index (χ3v) is 5.92. The molecule has 0 radical (unpaired) electrons. The lowest BCUT2D eigenvalue weighted by Gasteiger charge is -2.46. The van der Waals surface area contributed by atoms with Gasteiger partial charge in [0, 0.05) is 0 Å². The van der Waals surface area contributed by atoms with E-state index in [1.807, 2.05) is 18.2 Å². The van der Waals surface area contributed by atoms with Gasteiger partial charge < -0.3 is 43.0 Å². The van der Waals surface area contributed by atoms with Crippen LogP contribution in [0.3, 0.4) is 0 Å². The molecule has 31 heavy (non-hydrogen) atoms. The molecule has 2 rings (SSSR count). The Morgan fingerprint density at radius 3 is 2.16 bits per heavy atom. The van der Waals surface area contributed by atoms with Gasteiger partial charge in [0.1, 0.15) is 50.3 Å². The minimum Gasteiger partial charge on any atom is -1.00 e. The maximum absolute atomic E-state index is 10.7. The van der Waals surface area contributed by atoms with Crippen molar-refractivity contribution in [2.45, 2.75) is 78.6 Å². The van der Waals surface area contributed by atoms with Gasteiger partial charge in [0.25, 0.3) is 0 Å². The third-order valence-electron chi connectivity index (χ3n) is 5.92. The summed E-state index contributed by atoms with van der Waals surface area (Å²) in [6.07, 6.45) is 2.91. The number of rotatable bonds is 9. The van der Waals surface area contributed by atoms with Crippen molar-refractivity contribution >= 4 is 0 Å². The molecule has 1 aromatic carbocycles. The van der Waals surface area contributed by atoms with E-state index in [2.05, 4.69) is 67.2 Å². The molecule has 1 fully saturated rings. The highest BCUT2D eigenvalue weighted by molar-refractivity contribution is 5.31. The predicted molar refractivity (Wildman–Crippen MR) is 125 cm³/mol. The minimum atomic E-state index is -0.528. The molecule has 3 unspecified atom stereocenters. The Bertz CT molecular complexity index is 671. The Morgan fingerprint density at radius 2 is 1.68 bits per heavy atom. The molecule has 3 atom stereocenters. The zero-order valence-electron chi connectivity index (χ0n) is 20.7. The van der Waals surface area contributed by atoms with Crippen molar-refractivity contribution in [3.05, 3.63) is 42.5 Å². The molecular formula is C26H44INO3. The van der Waals surface area contributed by atoms with Gasteiger partial charge in [-0.3, -0.25) is 0 Å². The van der Waals surface area contributed by atoms with Crippen LogP contribution in [-0.4, -0.2) is 60.7 Å². The Labute approximate surface area is 207 Å². The molecule has 0 amide bonds. The van der Waals surface area contributed by atoms with Gasteiger partial charge in [0.15, 0.2) is 0 Å². The molecule has 178 valence electrons. The Hall–Kier alpha value is -0.630. The predicted octanol–water partition coefficient (Wildman–Crippen LogP) is 1.95. The quantitative estimate of drug-likeness (QED) is 0.293. The summed E-state index contributed by atoms with van der Waals surface area (Å²) in [5, 5.41) is 10.7. The molecular weight excluding hydrogens is 501 g/mol. The highest BCUT2D eigenvalue weighted by Crippen LogP contribution is 2.36. The summed E-state index contributed by atoms with van der Waals surface area (Å²) < 4.78 is 12.6. The molecule has 0 aliphatic carbocycles. The summed E-state index contributed by atoms with van der Waals surface area (Å²) in [5.74, 6) is 0.809. The number of aliphatic hydroxyl groups excluding tert-OH is 1. The molecule has 1 heterocycles. The van der Waals surface area contributed by atoms with E-state index >= 15 is 0 Å². The van der Waals surface area contributed by atoms with Crippen LogP contribution in [0, 0.1) is 5.41 Å². The van der Waals surface area contributed by atoms with Crippen LogP contribution in [0.2, 0.25) is 0 Å². The molecule has 0 saturated carbocycles. The van der Waals surface area contributed by atoms with E-state index in [9.17, 15) is 5.11 Å². The molecule has 1 aromatic rings. The third kappa shape index (κ3) is 9.03. The van der Waals surface area contributed by atoms with Crippen LogP contribution in [0.4, 0.5) is 0 Å². The number of aliphatic hydroxyl groups is 1. The van der Waals surface area contributed by atoms with Crippen LogP contribution >= 0.6 is 0 Å². The fraction of sp³-hybridized carbons (Fsp3) is 0.692. The molecule has 5 heteroatoms. The van der Waals surface area contributed by atoms with Crippen LogP contribution in [0.1, 0.15) is 60.5 Å². The van der Waals surface area contributed by atoms with Gasteiger partial charge in [-0.25, -0.2) is 0 Å². The lowest BCUT2D eigenvalue weighted by Crippen LogP contribution is -3.00. The first-order chi connectivity index (χ1) is 13.8. The lowest BCUT2D eigenvalue weighted by molar-refractivity contribution is -0.938. The number of nitrogens with zero attached hydrogens (tertiary/aromatic N) is 1. The Morgan fingerprint density at radius 1 is 1.13 bits per heavy atom. The van der Waals surface area contributed by atoms with Crippen LogP contribution in [0.15, 0.2) is 36.9 Å². The molecule has 1 N–H and O–H groups in total. The van der Waals surface area contributed by atoms with E-state index < -0.39 is 6.10 Å². The number of hydrogen-bond acceptors (Lipinski definition) is 3. The van der Waals surface area contributed by atoms with E-state index in [0.717, 1.165) is 36.3 Å². The number of quaternary nitrogens is 1. The second-order valence-corrected chi connectivity index (χ2v) is 11.2. The normalized spacial score (nSPS) is 25.4. The van der Waals surface area contributed by atoms with Gasteiger partial charge in [-0.2, -0.15) is 0 Å². The molecule has 0 spiro atoms. The van der Waals surface area contributed by atoms with Crippen molar-refractivity contribution < 1.29 is 43.0 Å². The molecule has 1 aliphatic heterocycles. The monoisotopic (exact) mass is 545 g/mol. The first kappa shape index (κ1) is 28.4. The smallest absolute Gasteiger partial charge is 0.137 e. The Kier molecular flexibility index (Phi) is 10.5. The highest BCUT2D eigenvalue weighted by atomic mass is 127. The van der Waals surface area contributed by atoms with Crippen molar-refractivity contribution in [2.75, 3.05) is 32.8 Å². The van der Waals surface area contributed by atoms with E-state index in [1.165, 1.54) is 5.56 Å². The average Bonchev–Trinajstić information content (AvgIpc) is 2.57. The fourth-order valence-electron chi connectivity index (χ4n) is 5.42. The van der Waals surface area contributed by atoms with E-state index in [4.69, 9.17) is 9.47 Å². The first-order valence-corrected chi connectivity index (χ1v) is 11.4. The van der Waals surface area contributed by atoms with Crippen molar-refractivity contribution in [3.63, 3.8) is 0 Å². The molecule has 1 aliphatic rings. The second kappa shape index (κ2) is 11.5. The lowest BCUT2D eigenvalue weighted by atomic mass is 9.72. The van der Waals surface area contributed by atoms with Crippen molar-refractivity contribution in [1.82, 2.24) is 0 Å². The maximum atomic E-state index is 10.7. The zero-order chi connectivity index (χ0) is 22.6. The number of benzene rings is 1. The van der Waals surface area contributed by atoms with Crippen LogP contribution < -0.4 is 28.7 Å². The maximum Gasteiger partial charge on any atom is 0.137 e. The second-order valence-electron chi connectivity index (χ2n) is 11.2. The van der Waals surface area contributed by atoms with Gasteiger partial charge in [-0.1, -0.05) is 53.3 Å². The van der Waals surface area contributed by atoms with Gasteiger partial charge in [-0.15, -0.1) is 0 Å². The first-order valence-electron chi connectivity index (χ1n) is 11.4. The summed E-state index contributed by atoms with van der Waals surface area (Å²) in [7, 11) is 0. The van der Waals surface area contributed by atoms with E-state index in [-0.39, 0.29) is 47.0 Å². The van der Waals surface area contributed by atoms with Crippen molar-refractivity contribution in [2.24, 2.45) is 5.41 Å². The van der Waals surface area contributed by atoms with Crippen LogP contribution in [-0.2, 0) is 10.2 Å². The molecule has 0 aromatic heterocycles. The van der Waals surface area contributed by atoms with Crippen LogP contribution in [0.5, 0.6) is 5.75 Å². The van der Waals surface area contributed by atoms with Gasteiger partial charge in [0.05, 0.1) is 6.54 Å². The number of morpholine rings is 1. The van der Waals surface area contributed by atoms with Gasteiger partial charge in [-0.05, 0) is 54.9 Å². The standard InChI is InChI=1S/C26H44NO3.HI/c1-9-14-27(15-20(2)30-21(3)16-27)17-23(28)18-29-24-12-10-22(11-13-24)26(7,8)19-25(4,5)6;/h9-13,20-21,23,28H,1,14-19H2,2-8H3;1H/q+1;/p-1. The van der Waals surface area contributed by atoms with Gasteiger partial charge >= 0.3 is 0 Å². The van der Waals surface area contributed by atoms with Gasteiger partial charge in [0.2, 0.25) is 0 Å². The summed E-state index contributed by atoms with van der Waals surface area (Å²) in [6.45, 7) is 23.2. The number of hydrogen-bond donors (Lipinski definition) is 1. The zero-order valence-corrected chi connectivity index (χ0v) is 22.8. The summed E-state index contributed by atoms with van der Waals surface area (Å²) in [5.41, 5.74) is 1.71. The van der Waals surface area contributed by atoms with Crippen molar-refractivity contribution in [1.29, 1.82) is 0 Å². The number of ether oxygens (including phenoxy) is 2. The average molecular weight is 546 g/mol. The summed E-state index contributed by atoms with van der Waals surface area (Å²) in [4.78, 5) is 0.